The maximum absolute atomic E-state index is 12.8. The Balaban J connectivity index is 2.23. The highest BCUT2D eigenvalue weighted by molar-refractivity contribution is 6.07. The SMILES string of the molecule is CC(C)c1ccc(N(C)C(=O)c2ccccc2OCC(N)=O)cc1. The number of hydrogen-bond donors (Lipinski definition) is 1. The topological polar surface area (TPSA) is 72.6 Å². The molecule has 0 radical (unpaired) electrons. The molecule has 2 N–H and O–H groups in total. The summed E-state index contributed by atoms with van der Waals surface area (Å²) in [6, 6.07) is 14.7. The average molecular weight is 326 g/mol. The Morgan fingerprint density at radius 3 is 2.29 bits per heavy atom. The summed E-state index contributed by atoms with van der Waals surface area (Å²) < 4.78 is 5.33. The van der Waals surface area contributed by atoms with Crippen LogP contribution in [0.5, 0.6) is 5.75 Å². The van der Waals surface area contributed by atoms with Gasteiger partial charge in [-0.25, -0.2) is 0 Å². The number of rotatable bonds is 6. The molecule has 0 bridgehead atoms. The Bertz CT molecular complexity index is 724. The van der Waals surface area contributed by atoms with Crippen molar-refractivity contribution >= 4 is 17.5 Å². The minimum absolute atomic E-state index is 0.215. The number of nitrogens with zero attached hydrogens (tertiary/aromatic N) is 1. The van der Waals surface area contributed by atoms with Crippen molar-refractivity contribution < 1.29 is 14.3 Å². The van der Waals surface area contributed by atoms with Crippen LogP contribution in [0.1, 0.15) is 35.7 Å². The van der Waals surface area contributed by atoms with Crippen LogP contribution in [0.25, 0.3) is 0 Å². The van der Waals surface area contributed by atoms with Gasteiger partial charge in [-0.05, 0) is 35.7 Å². The molecule has 0 atom stereocenters. The van der Waals surface area contributed by atoms with Crippen molar-refractivity contribution in [2.75, 3.05) is 18.6 Å². The number of hydrogen-bond acceptors (Lipinski definition) is 3. The van der Waals surface area contributed by atoms with Crippen molar-refractivity contribution in [2.45, 2.75) is 19.8 Å². The summed E-state index contributed by atoms with van der Waals surface area (Å²) in [5, 5.41) is 0. The molecule has 0 spiro atoms. The van der Waals surface area contributed by atoms with E-state index >= 15 is 0 Å². The van der Waals surface area contributed by atoms with Crippen LogP contribution in [-0.2, 0) is 4.79 Å². The number of benzene rings is 2. The minimum Gasteiger partial charge on any atom is -0.483 e. The summed E-state index contributed by atoms with van der Waals surface area (Å²) in [6.45, 7) is 3.98. The van der Waals surface area contributed by atoms with Gasteiger partial charge in [-0.1, -0.05) is 38.1 Å². The second-order valence-corrected chi connectivity index (χ2v) is 5.86. The number of para-hydroxylation sites is 1. The number of anilines is 1. The zero-order valence-electron chi connectivity index (χ0n) is 14.2. The van der Waals surface area contributed by atoms with Crippen molar-refractivity contribution in [2.24, 2.45) is 5.73 Å². The van der Waals surface area contributed by atoms with Gasteiger partial charge in [0.05, 0.1) is 5.56 Å². The molecular formula is C19H22N2O3. The molecule has 0 aliphatic carbocycles. The highest BCUT2D eigenvalue weighted by Crippen LogP contribution is 2.24. The fourth-order valence-electron chi connectivity index (χ4n) is 2.30. The largest absolute Gasteiger partial charge is 0.483 e. The Labute approximate surface area is 142 Å². The molecule has 2 aromatic rings. The quantitative estimate of drug-likeness (QED) is 0.887. The molecule has 0 saturated carbocycles. The number of ether oxygens (including phenoxy) is 1. The number of nitrogens with two attached hydrogens (primary N) is 1. The van der Waals surface area contributed by atoms with Gasteiger partial charge in [0.2, 0.25) is 0 Å². The summed E-state index contributed by atoms with van der Waals surface area (Å²) in [5.74, 6) is -0.0304. The van der Waals surface area contributed by atoms with Gasteiger partial charge in [-0.2, -0.15) is 0 Å². The lowest BCUT2D eigenvalue weighted by atomic mass is 10.0. The summed E-state index contributed by atoms with van der Waals surface area (Å²) in [5.41, 5.74) is 7.48. The van der Waals surface area contributed by atoms with Crippen LogP contribution in [0.4, 0.5) is 5.69 Å². The smallest absolute Gasteiger partial charge is 0.261 e. The molecule has 0 aliphatic heterocycles. The monoisotopic (exact) mass is 326 g/mol. The van der Waals surface area contributed by atoms with E-state index in [9.17, 15) is 9.59 Å². The highest BCUT2D eigenvalue weighted by atomic mass is 16.5. The van der Waals surface area contributed by atoms with Gasteiger partial charge in [0.15, 0.2) is 6.61 Å². The van der Waals surface area contributed by atoms with Gasteiger partial charge in [0, 0.05) is 12.7 Å². The van der Waals surface area contributed by atoms with Crippen molar-refractivity contribution in [3.8, 4) is 5.75 Å². The molecule has 2 aromatic carbocycles. The van der Waals surface area contributed by atoms with Gasteiger partial charge < -0.3 is 15.4 Å². The zero-order valence-corrected chi connectivity index (χ0v) is 14.2. The first kappa shape index (κ1) is 17.5. The first-order valence-corrected chi connectivity index (χ1v) is 7.78. The van der Waals surface area contributed by atoms with Crippen LogP contribution in [0.15, 0.2) is 48.5 Å². The molecule has 0 saturated heterocycles. The Kier molecular flexibility index (Phi) is 5.58. The molecule has 0 aliphatic rings. The molecule has 24 heavy (non-hydrogen) atoms. The molecule has 5 nitrogen and oxygen atoms in total. The van der Waals surface area contributed by atoms with Crippen molar-refractivity contribution in [3.63, 3.8) is 0 Å². The lowest BCUT2D eigenvalue weighted by Crippen LogP contribution is -2.27. The van der Waals surface area contributed by atoms with Crippen LogP contribution in [-0.4, -0.2) is 25.5 Å². The van der Waals surface area contributed by atoms with Gasteiger partial charge in [-0.3, -0.25) is 9.59 Å². The van der Waals surface area contributed by atoms with Gasteiger partial charge in [0.25, 0.3) is 11.8 Å². The van der Waals surface area contributed by atoms with Crippen LogP contribution in [0, 0.1) is 0 Å². The number of carbonyl (C=O) groups excluding carboxylic acids is 2. The molecular weight excluding hydrogens is 304 g/mol. The van der Waals surface area contributed by atoms with E-state index in [2.05, 4.69) is 13.8 Å². The molecule has 5 heteroatoms. The molecule has 2 amide bonds. The van der Waals surface area contributed by atoms with E-state index in [1.807, 2.05) is 24.3 Å². The number of amides is 2. The summed E-state index contributed by atoms with van der Waals surface area (Å²) in [7, 11) is 1.71. The van der Waals surface area contributed by atoms with E-state index in [1.165, 1.54) is 5.56 Å². The van der Waals surface area contributed by atoms with E-state index in [0.717, 1.165) is 5.69 Å². The Morgan fingerprint density at radius 1 is 1.08 bits per heavy atom. The van der Waals surface area contributed by atoms with Crippen molar-refractivity contribution in [1.29, 1.82) is 0 Å². The maximum atomic E-state index is 12.8. The van der Waals surface area contributed by atoms with Crippen molar-refractivity contribution in [3.05, 3.63) is 59.7 Å². The third kappa shape index (κ3) is 4.13. The second kappa shape index (κ2) is 7.64. The van der Waals surface area contributed by atoms with Crippen LogP contribution in [0.3, 0.4) is 0 Å². The van der Waals surface area contributed by atoms with E-state index in [-0.39, 0.29) is 12.5 Å². The molecule has 0 aromatic heterocycles. The first-order chi connectivity index (χ1) is 11.4. The highest BCUT2D eigenvalue weighted by Gasteiger charge is 2.18. The molecule has 2 rings (SSSR count). The van der Waals surface area contributed by atoms with E-state index < -0.39 is 5.91 Å². The molecule has 0 unspecified atom stereocenters. The van der Waals surface area contributed by atoms with Crippen LogP contribution in [0.2, 0.25) is 0 Å². The normalized spacial score (nSPS) is 10.5. The lowest BCUT2D eigenvalue weighted by Gasteiger charge is -2.20. The Hall–Kier alpha value is -2.82. The van der Waals surface area contributed by atoms with E-state index in [4.69, 9.17) is 10.5 Å². The predicted molar refractivity (Wildman–Crippen MR) is 94.4 cm³/mol. The third-order valence-corrected chi connectivity index (χ3v) is 3.74. The molecule has 126 valence electrons. The average Bonchev–Trinajstić information content (AvgIpc) is 2.59. The fraction of sp³-hybridized carbons (Fsp3) is 0.263. The predicted octanol–water partition coefficient (Wildman–Crippen LogP) is 2.95. The second-order valence-electron chi connectivity index (χ2n) is 5.86. The van der Waals surface area contributed by atoms with E-state index in [1.54, 1.807) is 36.2 Å². The van der Waals surface area contributed by atoms with Crippen LogP contribution < -0.4 is 15.4 Å². The minimum atomic E-state index is -0.588. The first-order valence-electron chi connectivity index (χ1n) is 7.78. The maximum Gasteiger partial charge on any atom is 0.261 e. The van der Waals surface area contributed by atoms with Gasteiger partial charge in [-0.15, -0.1) is 0 Å². The third-order valence-electron chi connectivity index (χ3n) is 3.74. The van der Waals surface area contributed by atoms with Crippen molar-refractivity contribution in [1.82, 2.24) is 0 Å². The lowest BCUT2D eigenvalue weighted by molar-refractivity contribution is -0.119. The molecule has 0 heterocycles. The summed E-state index contributed by atoms with van der Waals surface area (Å²) in [4.78, 5) is 25.2. The summed E-state index contributed by atoms with van der Waals surface area (Å²) >= 11 is 0. The zero-order chi connectivity index (χ0) is 17.7. The molecule has 0 fully saturated rings. The van der Waals surface area contributed by atoms with E-state index in [0.29, 0.717) is 17.2 Å². The van der Waals surface area contributed by atoms with Crippen LogP contribution >= 0.6 is 0 Å². The number of primary amides is 1. The van der Waals surface area contributed by atoms with Gasteiger partial charge in [0.1, 0.15) is 5.75 Å². The number of carbonyl (C=O) groups is 2. The summed E-state index contributed by atoms with van der Waals surface area (Å²) in [6.07, 6.45) is 0. The fourth-order valence-corrected chi connectivity index (χ4v) is 2.30. The standard InChI is InChI=1S/C19H22N2O3/c1-13(2)14-8-10-15(11-9-14)21(3)19(23)16-6-4-5-7-17(16)24-12-18(20)22/h4-11,13H,12H2,1-3H3,(H2,20,22). The Morgan fingerprint density at radius 2 is 1.71 bits per heavy atom. The van der Waals surface area contributed by atoms with Gasteiger partial charge >= 0.3 is 0 Å².